The summed E-state index contributed by atoms with van der Waals surface area (Å²) in [7, 11) is 1.67. The molecule has 4 rings (SSSR count). The fourth-order valence-electron chi connectivity index (χ4n) is 3.89. The molecule has 1 aliphatic rings. The van der Waals surface area contributed by atoms with Gasteiger partial charge in [-0.05, 0) is 30.2 Å². The predicted octanol–water partition coefficient (Wildman–Crippen LogP) is 4.75. The van der Waals surface area contributed by atoms with Crippen LogP contribution < -0.4 is 4.74 Å². The first-order chi connectivity index (χ1) is 14.3. The van der Waals surface area contributed by atoms with Crippen LogP contribution in [0.3, 0.4) is 0 Å². The van der Waals surface area contributed by atoms with Gasteiger partial charge in [-0.15, -0.1) is 23.7 Å². The summed E-state index contributed by atoms with van der Waals surface area (Å²) in [4.78, 5) is 16.7. The minimum absolute atomic E-state index is 0. The molecule has 0 saturated carbocycles. The highest BCUT2D eigenvalue weighted by atomic mass is 35.5. The Morgan fingerprint density at radius 3 is 2.50 bits per heavy atom. The number of carbonyl (C=O) groups excluding carboxylic acids is 1. The van der Waals surface area contributed by atoms with E-state index >= 15 is 0 Å². The normalized spacial score (nSPS) is 14.8. The van der Waals surface area contributed by atoms with Crippen molar-refractivity contribution in [2.75, 3.05) is 39.8 Å². The smallest absolute Gasteiger partial charge is 0.128 e. The van der Waals surface area contributed by atoms with Crippen LogP contribution in [-0.2, 0) is 11.3 Å². The zero-order valence-corrected chi connectivity index (χ0v) is 18.8. The average molecular weight is 443 g/mol. The van der Waals surface area contributed by atoms with Crippen molar-refractivity contribution in [1.29, 1.82) is 0 Å². The third-order valence-electron chi connectivity index (χ3n) is 5.62. The van der Waals surface area contributed by atoms with Gasteiger partial charge >= 0.3 is 0 Å². The quantitative estimate of drug-likeness (QED) is 0.494. The van der Waals surface area contributed by atoms with E-state index in [2.05, 4.69) is 57.5 Å². The van der Waals surface area contributed by atoms with Crippen LogP contribution in [0.4, 0.5) is 0 Å². The Bertz CT molecular complexity index is 1010. The highest BCUT2D eigenvalue weighted by Crippen LogP contribution is 2.34. The summed E-state index contributed by atoms with van der Waals surface area (Å²) < 4.78 is 6.52. The standard InChI is InChI=1S/C24H26N2O2S.ClH/c1-28-21-7-8-24-22(15-21)23(18-29-24)20(17-27)9-10-25-11-13-26(14-12-25)16-19-5-3-2-4-6-19;/h2-8,15,18H,9-14,16H2,1H3;1H. The maximum Gasteiger partial charge on any atom is 0.128 e. The number of halogens is 1. The lowest BCUT2D eigenvalue weighted by atomic mass is 10.0. The largest absolute Gasteiger partial charge is 0.497 e. The Balaban J connectivity index is 0.00000256. The van der Waals surface area contributed by atoms with E-state index in [4.69, 9.17) is 4.74 Å². The van der Waals surface area contributed by atoms with Crippen LogP contribution in [0.2, 0.25) is 0 Å². The number of methoxy groups -OCH3 is 1. The minimum Gasteiger partial charge on any atom is -0.497 e. The Hall–Kier alpha value is -2.14. The molecule has 4 nitrogen and oxygen atoms in total. The maximum absolute atomic E-state index is 11.7. The van der Waals surface area contributed by atoms with Crippen molar-refractivity contribution in [2.24, 2.45) is 0 Å². The van der Waals surface area contributed by atoms with Crippen molar-refractivity contribution in [2.45, 2.75) is 13.0 Å². The molecule has 1 saturated heterocycles. The molecule has 0 bridgehead atoms. The van der Waals surface area contributed by atoms with Crippen molar-refractivity contribution in [1.82, 2.24) is 9.80 Å². The number of hydrogen-bond acceptors (Lipinski definition) is 5. The van der Waals surface area contributed by atoms with E-state index in [0.717, 1.165) is 68.0 Å². The predicted molar refractivity (Wildman–Crippen MR) is 128 cm³/mol. The van der Waals surface area contributed by atoms with Gasteiger partial charge in [0, 0.05) is 65.9 Å². The lowest BCUT2D eigenvalue weighted by Crippen LogP contribution is -2.46. The van der Waals surface area contributed by atoms with E-state index < -0.39 is 0 Å². The number of piperazine rings is 1. The van der Waals surface area contributed by atoms with Gasteiger partial charge in [0.25, 0.3) is 0 Å². The number of nitrogens with zero attached hydrogens (tertiary/aromatic N) is 2. The molecule has 0 aliphatic carbocycles. The van der Waals surface area contributed by atoms with Crippen LogP contribution >= 0.6 is 23.7 Å². The summed E-state index contributed by atoms with van der Waals surface area (Å²) in [5.41, 5.74) is 3.13. The van der Waals surface area contributed by atoms with Crippen molar-refractivity contribution < 1.29 is 9.53 Å². The number of rotatable bonds is 7. The van der Waals surface area contributed by atoms with Gasteiger partial charge in [-0.2, -0.15) is 0 Å². The summed E-state index contributed by atoms with van der Waals surface area (Å²) in [5.74, 6) is 3.03. The van der Waals surface area contributed by atoms with Crippen LogP contribution in [0.5, 0.6) is 5.75 Å². The summed E-state index contributed by atoms with van der Waals surface area (Å²) in [5, 5.41) is 3.16. The monoisotopic (exact) mass is 442 g/mol. The second-order valence-corrected chi connectivity index (χ2v) is 8.36. The van der Waals surface area contributed by atoms with Gasteiger partial charge in [0.2, 0.25) is 0 Å². The van der Waals surface area contributed by atoms with Crippen LogP contribution in [0.1, 0.15) is 17.5 Å². The SMILES string of the molecule is COc1ccc2scc(C(=C=O)CCN3CCN(Cc4ccccc4)CC3)c2c1.Cl. The molecule has 30 heavy (non-hydrogen) atoms. The minimum atomic E-state index is 0. The van der Waals surface area contributed by atoms with Gasteiger partial charge < -0.3 is 9.64 Å². The van der Waals surface area contributed by atoms with Gasteiger partial charge in [0.05, 0.1) is 7.11 Å². The molecule has 0 amide bonds. The van der Waals surface area contributed by atoms with Gasteiger partial charge in [-0.25, -0.2) is 4.79 Å². The highest BCUT2D eigenvalue weighted by molar-refractivity contribution is 7.17. The van der Waals surface area contributed by atoms with E-state index in [-0.39, 0.29) is 12.4 Å². The Kier molecular flexibility index (Phi) is 8.08. The molecule has 3 aromatic rings. The molecular formula is C24H27ClN2O2S. The number of fused-ring (bicyclic) bond motifs is 1. The summed E-state index contributed by atoms with van der Waals surface area (Å²) in [6.07, 6.45) is 0.727. The third-order valence-corrected chi connectivity index (χ3v) is 6.58. The first-order valence-electron chi connectivity index (χ1n) is 10.0. The molecular weight excluding hydrogens is 416 g/mol. The van der Waals surface area contributed by atoms with Gasteiger partial charge in [-0.3, -0.25) is 4.90 Å². The van der Waals surface area contributed by atoms with Crippen LogP contribution in [-0.4, -0.2) is 55.6 Å². The van der Waals surface area contributed by atoms with E-state index in [0.29, 0.717) is 0 Å². The first-order valence-corrected chi connectivity index (χ1v) is 10.9. The second kappa shape index (κ2) is 10.8. The molecule has 0 atom stereocenters. The third kappa shape index (κ3) is 5.31. The molecule has 1 aliphatic heterocycles. The van der Waals surface area contributed by atoms with E-state index in [1.165, 1.54) is 10.3 Å². The lowest BCUT2D eigenvalue weighted by molar-refractivity contribution is 0.129. The summed E-state index contributed by atoms with van der Waals surface area (Å²) >= 11 is 1.66. The average Bonchev–Trinajstić information content (AvgIpc) is 3.19. The highest BCUT2D eigenvalue weighted by Gasteiger charge is 2.18. The molecule has 0 unspecified atom stereocenters. The molecule has 1 aromatic heterocycles. The van der Waals surface area contributed by atoms with Gasteiger partial charge in [0.15, 0.2) is 0 Å². The van der Waals surface area contributed by atoms with Gasteiger partial charge in [-0.1, -0.05) is 30.3 Å². The summed E-state index contributed by atoms with van der Waals surface area (Å²) in [6.45, 7) is 6.11. The summed E-state index contributed by atoms with van der Waals surface area (Å²) in [6, 6.07) is 16.7. The zero-order valence-electron chi connectivity index (χ0n) is 17.2. The van der Waals surface area contributed by atoms with Crippen molar-refractivity contribution >= 4 is 45.3 Å². The fraction of sp³-hybridized carbons (Fsp3) is 0.333. The van der Waals surface area contributed by atoms with Gasteiger partial charge in [0.1, 0.15) is 11.7 Å². The fourth-order valence-corrected chi connectivity index (χ4v) is 4.85. The lowest BCUT2D eigenvalue weighted by Gasteiger charge is -2.34. The molecule has 0 spiro atoms. The Morgan fingerprint density at radius 1 is 1.07 bits per heavy atom. The molecule has 0 N–H and O–H groups in total. The Morgan fingerprint density at radius 2 is 1.80 bits per heavy atom. The van der Waals surface area contributed by atoms with Crippen molar-refractivity contribution in [3.63, 3.8) is 0 Å². The second-order valence-electron chi connectivity index (χ2n) is 7.45. The molecule has 2 heterocycles. The van der Waals surface area contributed by atoms with E-state index in [1.54, 1.807) is 18.4 Å². The van der Waals surface area contributed by atoms with E-state index in [1.807, 2.05) is 12.1 Å². The topological polar surface area (TPSA) is 32.8 Å². The van der Waals surface area contributed by atoms with Crippen molar-refractivity contribution in [3.05, 3.63) is 65.0 Å². The molecule has 2 aromatic carbocycles. The maximum atomic E-state index is 11.7. The number of benzene rings is 2. The number of thiophene rings is 1. The van der Waals surface area contributed by atoms with Crippen molar-refractivity contribution in [3.8, 4) is 5.75 Å². The zero-order chi connectivity index (χ0) is 20.1. The first kappa shape index (κ1) is 22.5. The van der Waals surface area contributed by atoms with Crippen LogP contribution in [0.25, 0.3) is 15.7 Å². The molecule has 6 heteroatoms. The van der Waals surface area contributed by atoms with E-state index in [9.17, 15) is 4.79 Å². The molecule has 158 valence electrons. The van der Waals surface area contributed by atoms with Crippen LogP contribution in [0, 0.1) is 0 Å². The number of hydrogen-bond donors (Lipinski definition) is 0. The number of ether oxygens (including phenoxy) is 1. The van der Waals surface area contributed by atoms with Crippen LogP contribution in [0.15, 0.2) is 53.9 Å². The Labute approximate surface area is 188 Å². The molecule has 1 fully saturated rings. The molecule has 0 radical (unpaired) electrons.